The van der Waals surface area contributed by atoms with E-state index in [0.29, 0.717) is 11.4 Å². The highest BCUT2D eigenvalue weighted by Gasteiger charge is 2.18. The molecule has 0 spiro atoms. The number of nitrogens with one attached hydrogen (secondary N) is 1. The van der Waals surface area contributed by atoms with E-state index >= 15 is 0 Å². The maximum absolute atomic E-state index is 12.2. The number of rotatable bonds is 6. The van der Waals surface area contributed by atoms with Crippen molar-refractivity contribution in [2.45, 2.75) is 6.92 Å². The summed E-state index contributed by atoms with van der Waals surface area (Å²) in [6.45, 7) is 1.61. The van der Waals surface area contributed by atoms with Gasteiger partial charge in [-0.05, 0) is 42.8 Å². The number of aryl methyl sites for hydroxylation is 1. The molecule has 0 aliphatic rings. The molecule has 1 amide bonds. The second-order valence-electron chi connectivity index (χ2n) is 5.12. The highest BCUT2D eigenvalue weighted by molar-refractivity contribution is 9.10. The van der Waals surface area contributed by atoms with E-state index in [2.05, 4.69) is 21.2 Å². The first-order chi connectivity index (χ1) is 12.0. The van der Waals surface area contributed by atoms with Gasteiger partial charge in [-0.25, -0.2) is 4.79 Å². The van der Waals surface area contributed by atoms with Gasteiger partial charge in [0, 0.05) is 10.2 Å². The topological polar surface area (TPSA) is 73.9 Å². The van der Waals surface area contributed by atoms with Crippen LogP contribution in [0.3, 0.4) is 0 Å². The molecule has 0 bridgehead atoms. The van der Waals surface area contributed by atoms with Crippen molar-refractivity contribution in [1.82, 2.24) is 0 Å². The van der Waals surface area contributed by atoms with Gasteiger partial charge in [0.1, 0.15) is 5.56 Å². The van der Waals surface area contributed by atoms with Gasteiger partial charge >= 0.3 is 5.97 Å². The van der Waals surface area contributed by atoms with Crippen molar-refractivity contribution >= 4 is 33.5 Å². The van der Waals surface area contributed by atoms with E-state index in [1.165, 1.54) is 14.2 Å². The molecule has 7 heteroatoms. The van der Waals surface area contributed by atoms with Gasteiger partial charge < -0.3 is 19.5 Å². The summed E-state index contributed by atoms with van der Waals surface area (Å²) in [7, 11) is 2.73. The summed E-state index contributed by atoms with van der Waals surface area (Å²) < 4.78 is 16.4. The Labute approximate surface area is 154 Å². The highest BCUT2D eigenvalue weighted by Crippen LogP contribution is 2.31. The number of amides is 1. The van der Waals surface area contributed by atoms with Gasteiger partial charge in [0.25, 0.3) is 5.91 Å². The lowest BCUT2D eigenvalue weighted by Crippen LogP contribution is -2.21. The van der Waals surface area contributed by atoms with Gasteiger partial charge in [-0.15, -0.1) is 0 Å². The van der Waals surface area contributed by atoms with E-state index in [1.807, 2.05) is 19.1 Å². The maximum Gasteiger partial charge on any atom is 0.341 e. The standard InChI is InChI=1S/C18H18BrNO5/c1-11-9-12(19)7-8-14(11)20-16(21)10-25-17-13(18(22)24-3)5-4-6-15(17)23-2/h4-9H,10H2,1-3H3,(H,20,21). The van der Waals surface area contributed by atoms with Gasteiger partial charge in [0.05, 0.1) is 14.2 Å². The van der Waals surface area contributed by atoms with Crippen molar-refractivity contribution in [2.24, 2.45) is 0 Å². The number of ether oxygens (including phenoxy) is 3. The Kier molecular flexibility index (Phi) is 6.41. The van der Waals surface area contributed by atoms with Gasteiger partial charge in [-0.3, -0.25) is 4.79 Å². The van der Waals surface area contributed by atoms with E-state index in [0.717, 1.165) is 10.0 Å². The molecule has 0 aliphatic heterocycles. The SMILES string of the molecule is COC(=O)c1cccc(OC)c1OCC(=O)Nc1ccc(Br)cc1C. The number of halogens is 1. The zero-order valence-corrected chi connectivity index (χ0v) is 15.7. The second-order valence-corrected chi connectivity index (χ2v) is 6.04. The monoisotopic (exact) mass is 407 g/mol. The third-order valence-corrected chi connectivity index (χ3v) is 3.91. The third-order valence-electron chi connectivity index (χ3n) is 3.41. The zero-order chi connectivity index (χ0) is 18.4. The van der Waals surface area contributed by atoms with Crippen molar-refractivity contribution in [2.75, 3.05) is 26.1 Å². The third kappa shape index (κ3) is 4.73. The number of anilines is 1. The fourth-order valence-electron chi connectivity index (χ4n) is 2.19. The number of hydrogen-bond donors (Lipinski definition) is 1. The molecule has 0 fully saturated rings. The number of methoxy groups -OCH3 is 2. The summed E-state index contributed by atoms with van der Waals surface area (Å²) in [6, 6.07) is 10.3. The highest BCUT2D eigenvalue weighted by atomic mass is 79.9. The molecule has 0 heterocycles. The molecular weight excluding hydrogens is 390 g/mol. The minimum atomic E-state index is -0.571. The van der Waals surface area contributed by atoms with Crippen molar-refractivity contribution in [3.05, 3.63) is 52.0 Å². The lowest BCUT2D eigenvalue weighted by Gasteiger charge is -2.14. The smallest absolute Gasteiger partial charge is 0.341 e. The van der Waals surface area contributed by atoms with E-state index in [4.69, 9.17) is 14.2 Å². The summed E-state index contributed by atoms with van der Waals surface area (Å²) in [5.74, 6) is -0.416. The second kappa shape index (κ2) is 8.53. The normalized spacial score (nSPS) is 10.1. The van der Waals surface area contributed by atoms with Crippen LogP contribution < -0.4 is 14.8 Å². The summed E-state index contributed by atoms with van der Waals surface area (Å²) in [6.07, 6.45) is 0. The first kappa shape index (κ1) is 18.8. The molecule has 0 radical (unpaired) electrons. The molecule has 0 unspecified atom stereocenters. The van der Waals surface area contributed by atoms with Crippen LogP contribution in [0.25, 0.3) is 0 Å². The number of hydrogen-bond acceptors (Lipinski definition) is 5. The fraction of sp³-hybridized carbons (Fsp3) is 0.222. The van der Waals surface area contributed by atoms with Crippen molar-refractivity contribution in [1.29, 1.82) is 0 Å². The van der Waals surface area contributed by atoms with Crippen molar-refractivity contribution < 1.29 is 23.8 Å². The van der Waals surface area contributed by atoms with Crippen LogP contribution in [0, 0.1) is 6.92 Å². The average molecular weight is 408 g/mol. The largest absolute Gasteiger partial charge is 0.493 e. The van der Waals surface area contributed by atoms with Crippen LogP contribution >= 0.6 is 15.9 Å². The summed E-state index contributed by atoms with van der Waals surface area (Å²) in [5, 5.41) is 2.77. The lowest BCUT2D eigenvalue weighted by atomic mass is 10.2. The number of para-hydroxylation sites is 1. The minimum absolute atomic E-state index is 0.166. The summed E-state index contributed by atoms with van der Waals surface area (Å²) in [4.78, 5) is 24.0. The van der Waals surface area contributed by atoms with Crippen LogP contribution in [-0.4, -0.2) is 32.7 Å². The Hall–Kier alpha value is -2.54. The molecular formula is C18H18BrNO5. The quantitative estimate of drug-likeness (QED) is 0.740. The van der Waals surface area contributed by atoms with Crippen molar-refractivity contribution in [3.63, 3.8) is 0 Å². The number of benzene rings is 2. The molecule has 0 atom stereocenters. The Morgan fingerprint density at radius 3 is 2.56 bits per heavy atom. The molecule has 0 aliphatic carbocycles. The van der Waals surface area contributed by atoms with Crippen LogP contribution in [0.5, 0.6) is 11.5 Å². The van der Waals surface area contributed by atoms with E-state index in [1.54, 1.807) is 24.3 Å². The Balaban J connectivity index is 2.12. The Bertz CT molecular complexity index is 791. The molecule has 1 N–H and O–H groups in total. The van der Waals surface area contributed by atoms with Crippen LogP contribution in [-0.2, 0) is 9.53 Å². The predicted molar refractivity (Wildman–Crippen MR) is 97.3 cm³/mol. The molecule has 25 heavy (non-hydrogen) atoms. The van der Waals surface area contributed by atoms with Crippen LogP contribution in [0.2, 0.25) is 0 Å². The van der Waals surface area contributed by atoms with Crippen LogP contribution in [0.4, 0.5) is 5.69 Å². The lowest BCUT2D eigenvalue weighted by molar-refractivity contribution is -0.118. The fourth-order valence-corrected chi connectivity index (χ4v) is 2.66. The van der Waals surface area contributed by atoms with E-state index in [9.17, 15) is 9.59 Å². The van der Waals surface area contributed by atoms with Crippen LogP contribution in [0.15, 0.2) is 40.9 Å². The Morgan fingerprint density at radius 2 is 1.92 bits per heavy atom. The maximum atomic E-state index is 12.2. The van der Waals surface area contributed by atoms with Crippen molar-refractivity contribution in [3.8, 4) is 11.5 Å². The van der Waals surface area contributed by atoms with Gasteiger partial charge in [-0.2, -0.15) is 0 Å². The number of carbonyl (C=O) groups excluding carboxylic acids is 2. The predicted octanol–water partition coefficient (Wildman–Crippen LogP) is 3.57. The molecule has 0 aromatic heterocycles. The average Bonchev–Trinajstić information content (AvgIpc) is 2.61. The van der Waals surface area contributed by atoms with Gasteiger partial charge in [0.15, 0.2) is 18.1 Å². The van der Waals surface area contributed by atoms with Crippen LogP contribution in [0.1, 0.15) is 15.9 Å². The summed E-state index contributed by atoms with van der Waals surface area (Å²) in [5.41, 5.74) is 1.79. The molecule has 2 rings (SSSR count). The van der Waals surface area contributed by atoms with Gasteiger partial charge in [-0.1, -0.05) is 22.0 Å². The molecule has 6 nitrogen and oxygen atoms in total. The number of carbonyl (C=O) groups is 2. The first-order valence-corrected chi connectivity index (χ1v) is 8.19. The summed E-state index contributed by atoms with van der Waals surface area (Å²) >= 11 is 3.37. The Morgan fingerprint density at radius 1 is 1.16 bits per heavy atom. The molecule has 2 aromatic rings. The molecule has 2 aromatic carbocycles. The van der Waals surface area contributed by atoms with Gasteiger partial charge in [0.2, 0.25) is 0 Å². The minimum Gasteiger partial charge on any atom is -0.493 e. The molecule has 0 saturated carbocycles. The first-order valence-electron chi connectivity index (χ1n) is 7.40. The molecule has 0 saturated heterocycles. The van der Waals surface area contributed by atoms with E-state index in [-0.39, 0.29) is 23.8 Å². The zero-order valence-electron chi connectivity index (χ0n) is 14.1. The van der Waals surface area contributed by atoms with E-state index < -0.39 is 5.97 Å². The molecule has 132 valence electrons. The number of esters is 1.